The minimum atomic E-state index is -4.32. The summed E-state index contributed by atoms with van der Waals surface area (Å²) in [7, 11) is -4.32. The predicted octanol–water partition coefficient (Wildman–Crippen LogP) is 8.17. The number of amides is 2. The van der Waals surface area contributed by atoms with E-state index in [1.54, 1.807) is 33.8 Å². The van der Waals surface area contributed by atoms with Crippen LogP contribution < -0.4 is 14.5 Å². The van der Waals surface area contributed by atoms with E-state index in [1.807, 2.05) is 79.7 Å². The van der Waals surface area contributed by atoms with Crippen LogP contribution in [0, 0.1) is 13.8 Å². The summed E-state index contributed by atoms with van der Waals surface area (Å²) in [6.45, 7) is 22.9. The zero-order valence-corrected chi connectivity index (χ0v) is 28.3. The molecular formula is C32H45N3O7P+. The molecule has 2 amide bonds. The molecule has 1 aliphatic rings. The average molecular weight is 615 g/mol. The van der Waals surface area contributed by atoms with Gasteiger partial charge >= 0.3 is 20.2 Å². The molecule has 11 heteroatoms. The molecule has 0 spiro atoms. The third-order valence-corrected chi connectivity index (χ3v) is 8.45. The molecule has 1 N–H and O–H groups in total. The fourth-order valence-corrected chi connectivity index (χ4v) is 6.60. The van der Waals surface area contributed by atoms with Crippen molar-refractivity contribution in [2.24, 2.45) is 4.76 Å². The second kappa shape index (κ2) is 12.6. The van der Waals surface area contributed by atoms with E-state index in [9.17, 15) is 14.4 Å². The molecule has 2 aromatic carbocycles. The molecular weight excluding hydrogens is 569 g/mol. The zero-order valence-electron chi connectivity index (χ0n) is 27.4. The van der Waals surface area contributed by atoms with Gasteiger partial charge < -0.3 is 9.47 Å². The number of benzene rings is 2. The molecule has 3 rings (SSSR count). The van der Waals surface area contributed by atoms with Crippen LogP contribution in [0.2, 0.25) is 0 Å². The lowest BCUT2D eigenvalue weighted by atomic mass is 9.81. The Labute approximate surface area is 255 Å². The van der Waals surface area contributed by atoms with Crippen molar-refractivity contribution >= 4 is 26.3 Å². The monoisotopic (exact) mass is 614 g/mol. The Hall–Kier alpha value is -3.61. The molecule has 0 saturated carbocycles. The molecule has 0 radical (unpaired) electrons. The summed E-state index contributed by atoms with van der Waals surface area (Å²) in [5.41, 5.74) is 6.85. The van der Waals surface area contributed by atoms with Crippen molar-refractivity contribution in [3.63, 3.8) is 0 Å². The van der Waals surface area contributed by atoms with Crippen LogP contribution in [0.15, 0.2) is 29.0 Å². The largest absolute Gasteiger partial charge is 0.637 e. The van der Waals surface area contributed by atoms with Crippen molar-refractivity contribution in [2.45, 2.75) is 113 Å². The summed E-state index contributed by atoms with van der Waals surface area (Å²) in [5.74, 6) is 0.799. The van der Waals surface area contributed by atoms with E-state index >= 15 is 0 Å². The van der Waals surface area contributed by atoms with Crippen molar-refractivity contribution in [1.82, 2.24) is 10.2 Å². The number of carbonyl (C=O) groups is 2. The minimum absolute atomic E-state index is 0.399. The van der Waals surface area contributed by atoms with Gasteiger partial charge in [-0.1, -0.05) is 76.9 Å². The van der Waals surface area contributed by atoms with Crippen LogP contribution in [0.1, 0.15) is 103 Å². The van der Waals surface area contributed by atoms with Crippen LogP contribution >= 0.6 is 8.02 Å². The van der Waals surface area contributed by atoms with Crippen molar-refractivity contribution in [3.8, 4) is 11.5 Å². The molecule has 43 heavy (non-hydrogen) atoms. The first-order chi connectivity index (χ1) is 19.8. The topological polar surface area (TPSA) is 116 Å². The van der Waals surface area contributed by atoms with Gasteiger partial charge in [0.15, 0.2) is 11.5 Å². The van der Waals surface area contributed by atoms with Crippen LogP contribution in [-0.2, 0) is 31.5 Å². The molecule has 1 heterocycles. The van der Waals surface area contributed by atoms with Gasteiger partial charge in [0.05, 0.1) is 17.0 Å². The first-order valence-electron chi connectivity index (χ1n) is 14.4. The van der Waals surface area contributed by atoms with E-state index in [0.717, 1.165) is 38.2 Å². The standard InChI is InChI=1S/C32H44N3O7P/c1-19(2)39-29(37)34-35(30(38)40-20(3)4)43(33-18-36)41-27-23(13-21(5)15-25(27)31(7,8)9)17-24-14-22(6)16-26(28(24)42-43)32(10,11)12/h13-16,19-20H,17H2,1-12H3/p+1. The maximum absolute atomic E-state index is 13.8. The third kappa shape index (κ3) is 7.87. The van der Waals surface area contributed by atoms with E-state index in [1.165, 1.54) is 0 Å². The summed E-state index contributed by atoms with van der Waals surface area (Å²) in [4.78, 5) is 39.0. The second-order valence-electron chi connectivity index (χ2n) is 13.5. The third-order valence-electron chi connectivity index (χ3n) is 6.51. The summed E-state index contributed by atoms with van der Waals surface area (Å²) < 4.78 is 29.1. The SMILES string of the molecule is Cc1cc2c(c(C(C)(C)C)c1)O[P+](N=C=O)(N(NC(=O)OC(C)C)C(=O)OC(C)C)Oc1c(cc(C)cc1C(C)(C)C)C2. The van der Waals surface area contributed by atoms with Crippen molar-refractivity contribution in [1.29, 1.82) is 0 Å². The summed E-state index contributed by atoms with van der Waals surface area (Å²) in [5, 5.41) is 0. The lowest BCUT2D eigenvalue weighted by molar-refractivity contribution is 0.0664. The van der Waals surface area contributed by atoms with Crippen molar-refractivity contribution < 1.29 is 32.9 Å². The first kappa shape index (κ1) is 33.9. The van der Waals surface area contributed by atoms with Crippen LogP contribution in [0.25, 0.3) is 0 Å². The molecule has 10 nitrogen and oxygen atoms in total. The van der Waals surface area contributed by atoms with Crippen LogP contribution in [0.4, 0.5) is 9.59 Å². The number of ether oxygens (including phenoxy) is 2. The number of hydrazine groups is 1. The van der Waals surface area contributed by atoms with Gasteiger partial charge in [-0.25, -0.2) is 14.4 Å². The fraction of sp³-hybridized carbons (Fsp3) is 0.531. The molecule has 0 fully saturated rings. The second-order valence-corrected chi connectivity index (χ2v) is 15.4. The highest BCUT2D eigenvalue weighted by atomic mass is 31.2. The van der Waals surface area contributed by atoms with Crippen LogP contribution in [0.3, 0.4) is 0 Å². The molecule has 234 valence electrons. The Kier molecular flexibility index (Phi) is 9.89. The quantitative estimate of drug-likeness (QED) is 0.160. The highest BCUT2D eigenvalue weighted by molar-refractivity contribution is 7.64. The van der Waals surface area contributed by atoms with Gasteiger partial charge in [-0.3, -0.25) is 9.05 Å². The highest BCUT2D eigenvalue weighted by Gasteiger charge is 2.63. The van der Waals surface area contributed by atoms with E-state index in [-0.39, 0.29) is 0 Å². The number of hydrogen-bond acceptors (Lipinski definition) is 8. The number of carbonyl (C=O) groups excluding carboxylic acids is 3. The van der Waals surface area contributed by atoms with Gasteiger partial charge in [-0.15, -0.1) is 0 Å². The van der Waals surface area contributed by atoms with Gasteiger partial charge in [0.1, 0.15) is 0 Å². The fourth-order valence-electron chi connectivity index (χ4n) is 4.76. The number of aryl methyl sites for hydroxylation is 2. The number of rotatable bonds is 4. The van der Waals surface area contributed by atoms with E-state index in [0.29, 0.717) is 17.9 Å². The van der Waals surface area contributed by atoms with E-state index in [4.69, 9.17) is 18.5 Å². The number of nitrogens with one attached hydrogen (secondary N) is 1. The Morgan fingerprint density at radius 3 is 1.67 bits per heavy atom. The Morgan fingerprint density at radius 1 is 0.860 bits per heavy atom. The van der Waals surface area contributed by atoms with Crippen LogP contribution in [-0.4, -0.2) is 35.3 Å². The van der Waals surface area contributed by atoms with Crippen molar-refractivity contribution in [2.75, 3.05) is 0 Å². The Morgan fingerprint density at radius 2 is 1.30 bits per heavy atom. The number of isocyanates is 1. The van der Waals surface area contributed by atoms with E-state index < -0.39 is 43.2 Å². The highest BCUT2D eigenvalue weighted by Crippen LogP contribution is 2.67. The number of hydrogen-bond donors (Lipinski definition) is 1. The summed E-state index contributed by atoms with van der Waals surface area (Å²) in [6.07, 6.45) is -1.12. The molecule has 0 bridgehead atoms. The van der Waals surface area contributed by atoms with Crippen molar-refractivity contribution in [3.05, 3.63) is 57.6 Å². The maximum Gasteiger partial charge on any atom is 0.637 e. The van der Waals surface area contributed by atoms with Gasteiger partial charge in [0.2, 0.25) is 0 Å². The number of fused-ring (bicyclic) bond motifs is 2. The smallest absolute Gasteiger partial charge is 0.446 e. The minimum Gasteiger partial charge on any atom is -0.446 e. The lowest BCUT2D eigenvalue weighted by Gasteiger charge is -2.33. The van der Waals surface area contributed by atoms with Gasteiger partial charge in [0.25, 0.3) is 6.08 Å². The Balaban J connectivity index is 2.50. The lowest BCUT2D eigenvalue weighted by Crippen LogP contribution is -2.49. The van der Waals surface area contributed by atoms with Crippen LogP contribution in [0.5, 0.6) is 11.5 Å². The maximum atomic E-state index is 13.8. The normalized spacial score (nSPS) is 14.2. The summed E-state index contributed by atoms with van der Waals surface area (Å²) in [6, 6.07) is 8.01. The molecule has 0 aliphatic carbocycles. The molecule has 1 aliphatic heterocycles. The van der Waals surface area contributed by atoms with Gasteiger partial charge in [-0.05, 0) is 52.4 Å². The molecule has 0 atom stereocenters. The molecule has 0 aromatic heterocycles. The van der Waals surface area contributed by atoms with Gasteiger partial charge in [-0.2, -0.15) is 5.43 Å². The molecule has 0 unspecified atom stereocenters. The first-order valence-corrected chi connectivity index (χ1v) is 15.9. The molecule has 2 aromatic rings. The predicted molar refractivity (Wildman–Crippen MR) is 167 cm³/mol. The zero-order chi connectivity index (χ0) is 32.5. The average Bonchev–Trinajstić information content (AvgIpc) is 2.82. The number of nitrogens with zero attached hydrogens (tertiary/aromatic N) is 2. The molecule has 0 saturated heterocycles. The van der Waals surface area contributed by atoms with Gasteiger partial charge in [0, 0.05) is 33.5 Å². The Bertz CT molecular complexity index is 1360. The summed E-state index contributed by atoms with van der Waals surface area (Å²) >= 11 is 0. The van der Waals surface area contributed by atoms with E-state index in [2.05, 4.69) is 10.2 Å².